The van der Waals surface area contributed by atoms with Gasteiger partial charge in [0.25, 0.3) is 0 Å². The Morgan fingerprint density at radius 1 is 1.22 bits per heavy atom. The summed E-state index contributed by atoms with van der Waals surface area (Å²) in [6.07, 6.45) is 1.49. The highest BCUT2D eigenvalue weighted by molar-refractivity contribution is 5.68. The molecule has 0 atom stereocenters. The molecule has 0 radical (unpaired) electrons. The smallest absolute Gasteiger partial charge is 0.410 e. The van der Waals surface area contributed by atoms with Gasteiger partial charge in [-0.05, 0) is 39.3 Å². The normalized spacial score (nSPS) is 14.5. The number of aromatic nitrogens is 4. The lowest BCUT2D eigenvalue weighted by Gasteiger charge is -2.30. The summed E-state index contributed by atoms with van der Waals surface area (Å²) in [5, 5.41) is 8.45. The molecule has 2 aromatic rings. The number of rotatable bonds is 1. The summed E-state index contributed by atoms with van der Waals surface area (Å²) in [5.41, 5.74) is 1.39. The van der Waals surface area contributed by atoms with Crippen molar-refractivity contribution >= 4 is 6.09 Å². The lowest BCUT2D eigenvalue weighted by atomic mass is 10.2. The van der Waals surface area contributed by atoms with Crippen LogP contribution < -0.4 is 0 Å². The Bertz CT molecular complexity index is 715. The molecular formula is C16H21N5O2. The molecule has 0 N–H and O–H groups in total. The molecule has 0 aromatic carbocycles. The first-order valence-corrected chi connectivity index (χ1v) is 7.66. The van der Waals surface area contributed by atoms with Gasteiger partial charge < -0.3 is 9.30 Å². The first kappa shape index (κ1) is 15.5. The van der Waals surface area contributed by atoms with Crippen molar-refractivity contribution in [3.8, 4) is 11.5 Å². The van der Waals surface area contributed by atoms with Crippen LogP contribution in [-0.4, -0.2) is 42.9 Å². The lowest BCUT2D eigenvalue weighted by molar-refractivity contribution is 0.0196. The van der Waals surface area contributed by atoms with Gasteiger partial charge in [-0.15, -0.1) is 10.2 Å². The maximum atomic E-state index is 12.2. The molecule has 0 fully saturated rings. The Labute approximate surface area is 135 Å². The van der Waals surface area contributed by atoms with E-state index in [-0.39, 0.29) is 6.09 Å². The van der Waals surface area contributed by atoms with Crippen molar-refractivity contribution < 1.29 is 9.53 Å². The van der Waals surface area contributed by atoms with Crippen molar-refractivity contribution in [2.45, 2.75) is 46.4 Å². The molecular weight excluding hydrogens is 294 g/mol. The SMILES string of the molecule is Cc1ccc(-c2nnc3n2CCN(C(=O)OC(C)(C)C)C3)nc1. The third kappa shape index (κ3) is 3.33. The van der Waals surface area contributed by atoms with Gasteiger partial charge in [0.05, 0.1) is 6.54 Å². The van der Waals surface area contributed by atoms with Gasteiger partial charge in [0.15, 0.2) is 11.6 Å². The molecule has 3 rings (SSSR count). The molecule has 0 spiro atoms. The van der Waals surface area contributed by atoms with Crippen molar-refractivity contribution in [3.05, 3.63) is 29.7 Å². The fourth-order valence-corrected chi connectivity index (χ4v) is 2.43. The fraction of sp³-hybridized carbons (Fsp3) is 0.500. The predicted octanol–water partition coefficient (Wildman–Crippen LogP) is 2.40. The number of amides is 1. The molecule has 3 heterocycles. The number of hydrogen-bond acceptors (Lipinski definition) is 5. The standard InChI is InChI=1S/C16H21N5O2/c1-11-5-6-12(17-9-11)14-19-18-13-10-20(7-8-21(13)14)15(22)23-16(2,3)4/h5-6,9H,7-8,10H2,1-4H3. The summed E-state index contributed by atoms with van der Waals surface area (Å²) in [5.74, 6) is 1.49. The summed E-state index contributed by atoms with van der Waals surface area (Å²) in [6.45, 7) is 9.17. The van der Waals surface area contributed by atoms with Gasteiger partial charge in [-0.25, -0.2) is 4.79 Å². The quantitative estimate of drug-likeness (QED) is 0.808. The number of ether oxygens (including phenoxy) is 1. The minimum Gasteiger partial charge on any atom is -0.444 e. The molecule has 1 aliphatic heterocycles. The third-order valence-electron chi connectivity index (χ3n) is 3.55. The van der Waals surface area contributed by atoms with E-state index in [4.69, 9.17) is 4.74 Å². The van der Waals surface area contributed by atoms with Crippen molar-refractivity contribution in [1.82, 2.24) is 24.6 Å². The minimum atomic E-state index is -0.501. The highest BCUT2D eigenvalue weighted by Crippen LogP contribution is 2.21. The molecule has 2 aromatic heterocycles. The number of nitrogens with zero attached hydrogens (tertiary/aromatic N) is 5. The van der Waals surface area contributed by atoms with Crippen molar-refractivity contribution in [1.29, 1.82) is 0 Å². The van der Waals surface area contributed by atoms with Crippen LogP contribution >= 0.6 is 0 Å². The molecule has 7 nitrogen and oxygen atoms in total. The van der Waals surface area contributed by atoms with Crippen LogP contribution in [0, 0.1) is 6.92 Å². The van der Waals surface area contributed by atoms with Crippen LogP contribution in [0.2, 0.25) is 0 Å². The van der Waals surface area contributed by atoms with Crippen molar-refractivity contribution in [3.63, 3.8) is 0 Å². The summed E-state index contributed by atoms with van der Waals surface area (Å²) in [6, 6.07) is 3.94. The van der Waals surface area contributed by atoms with Crippen molar-refractivity contribution in [2.75, 3.05) is 6.54 Å². The number of hydrogen-bond donors (Lipinski definition) is 0. The van der Waals surface area contributed by atoms with E-state index >= 15 is 0 Å². The molecule has 7 heteroatoms. The highest BCUT2D eigenvalue weighted by Gasteiger charge is 2.28. The second kappa shape index (κ2) is 5.64. The van der Waals surface area contributed by atoms with E-state index in [9.17, 15) is 4.79 Å². The van der Waals surface area contributed by atoms with Gasteiger partial charge in [0.1, 0.15) is 11.3 Å². The van der Waals surface area contributed by atoms with Gasteiger partial charge in [-0.2, -0.15) is 0 Å². The zero-order chi connectivity index (χ0) is 16.6. The van der Waals surface area contributed by atoms with E-state index in [1.807, 2.05) is 50.6 Å². The average molecular weight is 315 g/mol. The van der Waals surface area contributed by atoms with Gasteiger partial charge in [0, 0.05) is 19.3 Å². The molecule has 0 saturated carbocycles. The first-order valence-electron chi connectivity index (χ1n) is 7.66. The molecule has 0 bridgehead atoms. The highest BCUT2D eigenvalue weighted by atomic mass is 16.6. The van der Waals surface area contributed by atoms with E-state index < -0.39 is 5.60 Å². The topological polar surface area (TPSA) is 73.1 Å². The predicted molar refractivity (Wildman–Crippen MR) is 84.6 cm³/mol. The molecule has 1 amide bonds. The molecule has 1 aliphatic rings. The maximum absolute atomic E-state index is 12.2. The van der Waals surface area contributed by atoms with E-state index in [2.05, 4.69) is 15.2 Å². The van der Waals surface area contributed by atoms with Crippen LogP contribution in [0.25, 0.3) is 11.5 Å². The van der Waals surface area contributed by atoms with Gasteiger partial charge in [0.2, 0.25) is 0 Å². The monoisotopic (exact) mass is 315 g/mol. The van der Waals surface area contributed by atoms with Crippen LogP contribution in [0.4, 0.5) is 4.79 Å². The van der Waals surface area contributed by atoms with E-state index in [0.29, 0.717) is 19.6 Å². The Balaban J connectivity index is 1.79. The van der Waals surface area contributed by atoms with E-state index in [1.54, 1.807) is 4.90 Å². The van der Waals surface area contributed by atoms with Gasteiger partial charge in [-0.3, -0.25) is 9.88 Å². The molecule has 0 unspecified atom stereocenters. The summed E-state index contributed by atoms with van der Waals surface area (Å²) in [7, 11) is 0. The number of carbonyl (C=O) groups is 1. The maximum Gasteiger partial charge on any atom is 0.410 e. The Kier molecular flexibility index (Phi) is 3.79. The summed E-state index contributed by atoms with van der Waals surface area (Å²) < 4.78 is 7.43. The zero-order valence-electron chi connectivity index (χ0n) is 13.9. The van der Waals surface area contributed by atoms with Crippen LogP contribution in [0.5, 0.6) is 0 Å². The van der Waals surface area contributed by atoms with Crippen LogP contribution in [0.1, 0.15) is 32.2 Å². The molecule has 0 saturated heterocycles. The second-order valence-electron chi connectivity index (χ2n) is 6.71. The molecule has 23 heavy (non-hydrogen) atoms. The van der Waals surface area contributed by atoms with Crippen LogP contribution in [0.3, 0.4) is 0 Å². The zero-order valence-corrected chi connectivity index (χ0v) is 13.9. The molecule has 0 aliphatic carbocycles. The number of fused-ring (bicyclic) bond motifs is 1. The average Bonchev–Trinajstić information content (AvgIpc) is 2.89. The van der Waals surface area contributed by atoms with Gasteiger partial charge in [-0.1, -0.05) is 6.07 Å². The second-order valence-corrected chi connectivity index (χ2v) is 6.71. The number of pyridine rings is 1. The first-order chi connectivity index (χ1) is 10.8. The van der Waals surface area contributed by atoms with Crippen molar-refractivity contribution in [2.24, 2.45) is 0 Å². The fourth-order valence-electron chi connectivity index (χ4n) is 2.43. The third-order valence-corrected chi connectivity index (χ3v) is 3.55. The molecule has 122 valence electrons. The largest absolute Gasteiger partial charge is 0.444 e. The Morgan fingerprint density at radius 3 is 2.65 bits per heavy atom. The lowest BCUT2D eigenvalue weighted by Crippen LogP contribution is -2.41. The van der Waals surface area contributed by atoms with E-state index in [1.165, 1.54) is 0 Å². The van der Waals surface area contributed by atoms with Crippen LogP contribution in [-0.2, 0) is 17.8 Å². The number of carbonyl (C=O) groups excluding carboxylic acids is 1. The van der Waals surface area contributed by atoms with Crippen LogP contribution in [0.15, 0.2) is 18.3 Å². The minimum absolute atomic E-state index is 0.318. The summed E-state index contributed by atoms with van der Waals surface area (Å²) in [4.78, 5) is 18.2. The Morgan fingerprint density at radius 2 is 2.00 bits per heavy atom. The van der Waals surface area contributed by atoms with E-state index in [0.717, 1.165) is 22.9 Å². The Hall–Kier alpha value is -2.44. The summed E-state index contributed by atoms with van der Waals surface area (Å²) >= 11 is 0. The van der Waals surface area contributed by atoms with Gasteiger partial charge >= 0.3 is 6.09 Å². The number of aryl methyl sites for hydroxylation is 1.